The van der Waals surface area contributed by atoms with Crippen molar-refractivity contribution in [2.24, 2.45) is 0 Å². The lowest BCUT2D eigenvalue weighted by molar-refractivity contribution is 0.309. The van der Waals surface area contributed by atoms with Crippen LogP contribution in [0.5, 0.6) is 0 Å². The van der Waals surface area contributed by atoms with Crippen LogP contribution in [-0.2, 0) is 40.1 Å². The Morgan fingerprint density at radius 2 is 0.543 bits per heavy atom. The average Bonchev–Trinajstić information content (AvgIpc) is 1.60. The third-order valence-corrected chi connectivity index (χ3v) is 23.1. The van der Waals surface area contributed by atoms with E-state index in [0.29, 0.717) is 93.0 Å². The highest BCUT2D eigenvalue weighted by atomic mass is 32.2. The summed E-state index contributed by atoms with van der Waals surface area (Å²) in [4.78, 5) is 21.8. The summed E-state index contributed by atoms with van der Waals surface area (Å²) in [7, 11) is -15.5. The van der Waals surface area contributed by atoms with Gasteiger partial charge in [-0.3, -0.25) is 0 Å². The summed E-state index contributed by atoms with van der Waals surface area (Å²) >= 11 is 0. The van der Waals surface area contributed by atoms with Gasteiger partial charge in [0.25, 0.3) is 0 Å². The number of nitrogens with zero attached hydrogens (tertiary/aromatic N) is 5. The van der Waals surface area contributed by atoms with Gasteiger partial charge in [-0.2, -0.15) is 0 Å². The maximum absolute atomic E-state index is 13.8. The molecule has 7 aromatic rings. The number of hydrogen-bond donors (Lipinski definition) is 6. The molecule has 9 rings (SSSR count). The number of hydrogen-bond acceptors (Lipinski definition) is 13. The molecule has 19 nitrogen and oxygen atoms in total. The molecule has 0 amide bonds. The zero-order valence-corrected chi connectivity index (χ0v) is 57.1. The van der Waals surface area contributed by atoms with E-state index in [9.17, 15) is 33.7 Å². The summed E-state index contributed by atoms with van der Waals surface area (Å²) in [5.74, 6) is 0. The topological polar surface area (TPSA) is 242 Å². The van der Waals surface area contributed by atoms with E-state index >= 15 is 0 Å². The zero-order valence-electron chi connectivity index (χ0n) is 53.9. The molecule has 0 saturated heterocycles. The van der Waals surface area contributed by atoms with Gasteiger partial charge in [-0.15, -0.1) is 0 Å². The number of aromatic amines is 2. The van der Waals surface area contributed by atoms with Crippen LogP contribution in [0, 0.1) is 0 Å². The predicted molar refractivity (Wildman–Crippen MR) is 375 cm³/mol. The maximum atomic E-state index is 13.8. The van der Waals surface area contributed by atoms with Gasteiger partial charge in [0, 0.05) is 96.7 Å². The van der Waals surface area contributed by atoms with Gasteiger partial charge >= 0.3 is 0 Å². The molecule has 8 bridgehead atoms. The number of rotatable bonds is 32. The van der Waals surface area contributed by atoms with Crippen LogP contribution in [0.4, 0.5) is 0 Å². The fourth-order valence-corrected chi connectivity index (χ4v) is 15.7. The van der Waals surface area contributed by atoms with Gasteiger partial charge in [0.05, 0.1) is 31.0 Å². The zero-order chi connectivity index (χ0) is 65.8. The number of likely N-dealkylation sites (N-methyl/N-ethyl adjacent to an activating group) is 4. The molecule has 2 aliphatic rings. The highest BCUT2D eigenvalue weighted by Crippen LogP contribution is 2.40. The predicted octanol–water partition coefficient (Wildman–Crippen LogP) is 10.4. The maximum Gasteiger partial charge on any atom is 0.240 e. The second-order valence-corrected chi connectivity index (χ2v) is 29.5. The molecule has 0 radical (unpaired) electrons. The number of fused-ring (bicyclic) bond motifs is 8. The van der Waals surface area contributed by atoms with Crippen LogP contribution in [0.1, 0.15) is 77.9 Å². The van der Waals surface area contributed by atoms with E-state index in [1.165, 1.54) is 0 Å². The molecule has 0 fully saturated rings. The number of sulfonamides is 4. The number of benzene rings is 4. The normalized spacial score (nSPS) is 13.0. The van der Waals surface area contributed by atoms with Crippen LogP contribution in [-0.4, -0.2) is 173 Å². The molecule has 4 aromatic carbocycles. The molecular formula is C69H87N11O8S4. The molecule has 23 heteroatoms. The van der Waals surface area contributed by atoms with Gasteiger partial charge in [0.1, 0.15) is 0 Å². The highest BCUT2D eigenvalue weighted by Gasteiger charge is 2.23. The second kappa shape index (κ2) is 30.9. The first-order chi connectivity index (χ1) is 44.2. The van der Waals surface area contributed by atoms with Crippen molar-refractivity contribution in [1.29, 1.82) is 0 Å². The van der Waals surface area contributed by atoms with Gasteiger partial charge in [-0.25, -0.2) is 57.5 Å². The third-order valence-electron chi connectivity index (χ3n) is 17.2. The Morgan fingerprint density at radius 1 is 0.315 bits per heavy atom. The lowest BCUT2D eigenvalue weighted by atomic mass is 10.00. The smallest absolute Gasteiger partial charge is 0.240 e. The number of nitrogens with one attached hydrogen (secondary N) is 6. The van der Waals surface area contributed by atoms with Crippen molar-refractivity contribution in [3.05, 3.63) is 150 Å². The molecule has 0 atom stereocenters. The summed E-state index contributed by atoms with van der Waals surface area (Å²) < 4.78 is 121. The van der Waals surface area contributed by atoms with Gasteiger partial charge in [-0.05, 0) is 177 Å². The van der Waals surface area contributed by atoms with Crippen molar-refractivity contribution in [2.45, 2.75) is 75.0 Å². The summed E-state index contributed by atoms with van der Waals surface area (Å²) in [5, 5.41) is 0. The van der Waals surface area contributed by atoms with E-state index in [-0.39, 0.29) is 45.8 Å². The number of aromatic nitrogens is 3. The van der Waals surface area contributed by atoms with Crippen molar-refractivity contribution in [1.82, 2.24) is 53.4 Å². The third kappa shape index (κ3) is 16.3. The minimum Gasteiger partial charge on any atom is -0.354 e. The second-order valence-electron chi connectivity index (χ2n) is 22.5. The van der Waals surface area contributed by atoms with Crippen LogP contribution < -0.4 is 18.9 Å². The molecule has 0 unspecified atom stereocenters. The molecule has 0 saturated carbocycles. The standard InChI is InChI=1S/C69H87N11O8S4/c1-9-77(10-2)45-41-70-89(81,82)56-27-19-50(20-28-56)66-54-17-18-55(49-54)67(51-21-29-57(30-22-51)90(83,84)71-42-46-78(11-3)12-4)61-36-38-63(75-61)69(53-25-33-59(34-26-53)92(87,88)73-44-48-80(15-7)16-8)65-40-39-64(76-65)68(62-37-35-60(66)74-62)52-23-31-58(32-24-52)91(85,86)72-43-47-79(13-5)14-6/h17-40,49,70-75H,9-16,41-48H2,1-8H3. The molecule has 0 spiro atoms. The fraction of sp³-hybridized carbons (Fsp3) is 0.348. The highest BCUT2D eigenvalue weighted by molar-refractivity contribution is 7.90. The average molecular weight is 1330 g/mol. The first-order valence-electron chi connectivity index (χ1n) is 31.8. The number of H-pyrrole nitrogens is 2. The Morgan fingerprint density at radius 3 is 0.783 bits per heavy atom. The van der Waals surface area contributed by atoms with Crippen molar-refractivity contribution in [3.63, 3.8) is 0 Å². The first-order valence-corrected chi connectivity index (χ1v) is 37.7. The van der Waals surface area contributed by atoms with Crippen molar-refractivity contribution >= 4 is 86.5 Å². The minimum absolute atomic E-state index is 0.100. The van der Waals surface area contributed by atoms with E-state index in [0.717, 1.165) is 74.6 Å². The molecule has 3 aromatic heterocycles. The quantitative estimate of drug-likeness (QED) is 0.0230. The van der Waals surface area contributed by atoms with Crippen molar-refractivity contribution in [3.8, 4) is 44.5 Å². The molecule has 6 N–H and O–H groups in total. The van der Waals surface area contributed by atoms with Crippen LogP contribution in [0.15, 0.2) is 147 Å². The Kier molecular flexibility index (Phi) is 23.3. The summed E-state index contributed by atoms with van der Waals surface area (Å²) in [6.07, 6.45) is 7.81. The molecule has 4 heterocycles. The summed E-state index contributed by atoms with van der Waals surface area (Å²) in [5.41, 5.74) is 10.8. The lowest BCUT2D eigenvalue weighted by Crippen LogP contribution is -2.34. The van der Waals surface area contributed by atoms with Crippen molar-refractivity contribution < 1.29 is 33.7 Å². The van der Waals surface area contributed by atoms with E-state index in [4.69, 9.17) is 4.98 Å². The van der Waals surface area contributed by atoms with E-state index in [1.807, 2.05) is 104 Å². The van der Waals surface area contributed by atoms with Gasteiger partial charge in [0.15, 0.2) is 0 Å². The molecule has 490 valence electrons. The molecular weight excluding hydrogens is 1240 g/mol. The lowest BCUT2D eigenvalue weighted by Gasteiger charge is -2.18. The van der Waals surface area contributed by atoms with E-state index < -0.39 is 40.1 Å². The van der Waals surface area contributed by atoms with Gasteiger partial charge in [-0.1, -0.05) is 116 Å². The Hall–Kier alpha value is -6.97. The van der Waals surface area contributed by atoms with Crippen LogP contribution >= 0.6 is 0 Å². The molecule has 1 aliphatic heterocycles. The molecule has 1 aliphatic carbocycles. The minimum atomic E-state index is -3.89. The Balaban J connectivity index is 1.27. The van der Waals surface area contributed by atoms with Crippen LogP contribution in [0.3, 0.4) is 0 Å². The van der Waals surface area contributed by atoms with Crippen LogP contribution in [0.25, 0.3) is 90.9 Å². The van der Waals surface area contributed by atoms with Gasteiger partial charge in [0.2, 0.25) is 40.1 Å². The van der Waals surface area contributed by atoms with E-state index in [1.54, 1.807) is 97.1 Å². The summed E-state index contributed by atoms with van der Waals surface area (Å²) in [6.45, 7) is 25.9. The fourth-order valence-electron chi connectivity index (χ4n) is 11.7. The Labute approximate surface area is 544 Å². The summed E-state index contributed by atoms with van der Waals surface area (Å²) in [6, 6.07) is 36.9. The SMILES string of the molecule is CCN(CC)CCNS(=O)(=O)c1ccc(-c2c3cc(c(-c4ccc(S(=O)(=O)NCCN(CC)CC)cc4)c4ccc([nH]4)c(-c4ccc(S(=O)(=O)NCCN(CC)CC)cc4)c4nc(c(-c5ccc(S(=O)(=O)NCCN(CC)CC)cc5)c5ccc2[nH]5)C=C4)C=C3)cc1. The van der Waals surface area contributed by atoms with Crippen molar-refractivity contribution in [2.75, 3.05) is 105 Å². The first kappa shape index (κ1) is 69.4. The largest absolute Gasteiger partial charge is 0.354 e. The van der Waals surface area contributed by atoms with Crippen LogP contribution in [0.2, 0.25) is 0 Å². The van der Waals surface area contributed by atoms with E-state index in [2.05, 4.69) is 54.5 Å². The monoisotopic (exact) mass is 1330 g/mol. The molecule has 92 heavy (non-hydrogen) atoms. The van der Waals surface area contributed by atoms with Gasteiger partial charge < -0.3 is 29.6 Å². The Bertz CT molecular complexity index is 3850.